The van der Waals surface area contributed by atoms with Crippen molar-refractivity contribution in [1.29, 1.82) is 0 Å². The summed E-state index contributed by atoms with van der Waals surface area (Å²) in [6.07, 6.45) is 5.63. The van der Waals surface area contributed by atoms with Gasteiger partial charge in [-0.2, -0.15) is 0 Å². The summed E-state index contributed by atoms with van der Waals surface area (Å²) in [6.45, 7) is 4.31. The zero-order valence-corrected chi connectivity index (χ0v) is 20.0. The molecular formula is C26H28N6O3. The van der Waals surface area contributed by atoms with Gasteiger partial charge in [-0.05, 0) is 50.4 Å². The Labute approximate surface area is 203 Å². The van der Waals surface area contributed by atoms with Gasteiger partial charge in [-0.25, -0.2) is 9.97 Å². The molecule has 1 atom stereocenters. The van der Waals surface area contributed by atoms with Gasteiger partial charge in [-0.3, -0.25) is 14.5 Å². The lowest BCUT2D eigenvalue weighted by molar-refractivity contribution is -0.146. The minimum Gasteiger partial charge on any atom is -0.360 e. The number of hydrogen-bond donors (Lipinski definition) is 0. The number of rotatable bonds is 3. The first-order valence-corrected chi connectivity index (χ1v) is 12.1. The standard InChI is InChI=1S/C26H28N6O3/c1-17-22(23(29-35-17)20-8-10-27-16-28-20)25(34)31-14-26(15-31)9-5-11-32(26)24(33)21-12-18-6-3-4-7-19(18)13-30(21)2/h3-4,6-8,10,16,21H,5,9,11-15H2,1-2H3. The van der Waals surface area contributed by atoms with Crippen molar-refractivity contribution in [3.63, 3.8) is 0 Å². The first-order chi connectivity index (χ1) is 17.0. The van der Waals surface area contributed by atoms with Crippen molar-refractivity contribution in [2.45, 2.75) is 44.3 Å². The summed E-state index contributed by atoms with van der Waals surface area (Å²) in [5.74, 6) is 0.506. The minimum atomic E-state index is -0.287. The number of aromatic nitrogens is 3. The maximum Gasteiger partial charge on any atom is 0.259 e. The van der Waals surface area contributed by atoms with E-state index in [9.17, 15) is 9.59 Å². The molecule has 1 unspecified atom stereocenters. The zero-order valence-electron chi connectivity index (χ0n) is 20.0. The van der Waals surface area contributed by atoms with Crippen molar-refractivity contribution in [3.8, 4) is 11.4 Å². The van der Waals surface area contributed by atoms with Crippen LogP contribution >= 0.6 is 0 Å². The number of carbonyl (C=O) groups is 2. The predicted molar refractivity (Wildman–Crippen MR) is 127 cm³/mol. The summed E-state index contributed by atoms with van der Waals surface area (Å²) in [4.78, 5) is 41.4. The molecular weight excluding hydrogens is 444 g/mol. The van der Waals surface area contributed by atoms with Crippen LogP contribution in [-0.2, 0) is 17.8 Å². The molecule has 2 amide bonds. The van der Waals surface area contributed by atoms with Crippen LogP contribution in [0.3, 0.4) is 0 Å². The smallest absolute Gasteiger partial charge is 0.259 e. The van der Waals surface area contributed by atoms with E-state index in [1.54, 1.807) is 24.1 Å². The van der Waals surface area contributed by atoms with Crippen molar-refractivity contribution in [2.24, 2.45) is 0 Å². The highest BCUT2D eigenvalue weighted by Crippen LogP contribution is 2.40. The minimum absolute atomic E-state index is 0.133. The second-order valence-electron chi connectivity index (χ2n) is 9.94. The Morgan fingerprint density at radius 3 is 2.71 bits per heavy atom. The van der Waals surface area contributed by atoms with Crippen LogP contribution in [0.25, 0.3) is 11.4 Å². The van der Waals surface area contributed by atoms with Crippen LogP contribution in [0.2, 0.25) is 0 Å². The maximum atomic E-state index is 13.8. The lowest BCUT2D eigenvalue weighted by Gasteiger charge is -2.53. The Hall–Kier alpha value is -3.59. The average Bonchev–Trinajstić information content (AvgIpc) is 3.46. The summed E-state index contributed by atoms with van der Waals surface area (Å²) in [5.41, 5.74) is 3.66. The molecule has 3 aliphatic heterocycles. The molecule has 5 heterocycles. The fourth-order valence-corrected chi connectivity index (χ4v) is 5.92. The van der Waals surface area contributed by atoms with E-state index in [2.05, 4.69) is 43.1 Å². The molecule has 180 valence electrons. The highest BCUT2D eigenvalue weighted by Gasteiger charge is 2.55. The Kier molecular flexibility index (Phi) is 5.17. The van der Waals surface area contributed by atoms with Crippen molar-refractivity contribution in [1.82, 2.24) is 29.8 Å². The molecule has 6 rings (SSSR count). The summed E-state index contributed by atoms with van der Waals surface area (Å²) in [5, 5.41) is 4.09. The summed E-state index contributed by atoms with van der Waals surface area (Å²) in [7, 11) is 2.03. The van der Waals surface area contributed by atoms with E-state index in [1.165, 1.54) is 17.5 Å². The third kappa shape index (κ3) is 3.53. The molecule has 0 bridgehead atoms. The van der Waals surface area contributed by atoms with Crippen LogP contribution in [0, 0.1) is 6.92 Å². The van der Waals surface area contributed by atoms with E-state index in [4.69, 9.17) is 4.52 Å². The van der Waals surface area contributed by atoms with Gasteiger partial charge in [0.15, 0.2) is 0 Å². The Morgan fingerprint density at radius 2 is 1.94 bits per heavy atom. The van der Waals surface area contributed by atoms with Gasteiger partial charge in [0.25, 0.3) is 5.91 Å². The predicted octanol–water partition coefficient (Wildman–Crippen LogP) is 2.31. The summed E-state index contributed by atoms with van der Waals surface area (Å²) < 4.78 is 5.36. The highest BCUT2D eigenvalue weighted by atomic mass is 16.5. The number of hydrogen-bond acceptors (Lipinski definition) is 7. The largest absolute Gasteiger partial charge is 0.360 e. The number of fused-ring (bicyclic) bond motifs is 1. The molecule has 9 nitrogen and oxygen atoms in total. The van der Waals surface area contributed by atoms with E-state index < -0.39 is 0 Å². The molecule has 1 spiro atoms. The molecule has 0 radical (unpaired) electrons. The number of aryl methyl sites for hydroxylation is 1. The third-order valence-electron chi connectivity index (χ3n) is 7.79. The molecule has 2 saturated heterocycles. The number of likely N-dealkylation sites (N-methyl/N-ethyl adjacent to an activating group) is 1. The van der Waals surface area contributed by atoms with Gasteiger partial charge in [-0.1, -0.05) is 29.4 Å². The molecule has 0 N–H and O–H groups in total. The number of amides is 2. The lowest BCUT2D eigenvalue weighted by Crippen LogP contribution is -2.71. The molecule has 0 saturated carbocycles. The van der Waals surface area contributed by atoms with Gasteiger partial charge >= 0.3 is 0 Å². The van der Waals surface area contributed by atoms with Crippen LogP contribution < -0.4 is 0 Å². The van der Waals surface area contributed by atoms with Crippen LogP contribution in [-0.4, -0.2) is 79.9 Å². The van der Waals surface area contributed by atoms with Crippen LogP contribution in [0.4, 0.5) is 0 Å². The molecule has 2 aromatic heterocycles. The second-order valence-corrected chi connectivity index (χ2v) is 9.94. The Bertz CT molecular complexity index is 1280. The number of benzene rings is 1. The van der Waals surface area contributed by atoms with Crippen LogP contribution in [0.15, 0.2) is 47.4 Å². The quantitative estimate of drug-likeness (QED) is 0.577. The highest BCUT2D eigenvalue weighted by molar-refractivity contribution is 6.01. The van der Waals surface area contributed by atoms with E-state index in [-0.39, 0.29) is 23.4 Å². The van der Waals surface area contributed by atoms with E-state index >= 15 is 0 Å². The van der Waals surface area contributed by atoms with Crippen LogP contribution in [0.1, 0.15) is 40.1 Å². The monoisotopic (exact) mass is 472 g/mol. The van der Waals surface area contributed by atoms with Crippen molar-refractivity contribution in [3.05, 3.63) is 65.3 Å². The molecule has 0 aliphatic carbocycles. The fraction of sp³-hybridized carbons (Fsp3) is 0.423. The Morgan fingerprint density at radius 1 is 1.14 bits per heavy atom. The average molecular weight is 473 g/mol. The van der Waals surface area contributed by atoms with Crippen LogP contribution in [0.5, 0.6) is 0 Å². The number of carbonyl (C=O) groups excluding carboxylic acids is 2. The molecule has 3 aromatic rings. The van der Waals surface area contributed by atoms with Gasteiger partial charge in [-0.15, -0.1) is 0 Å². The van der Waals surface area contributed by atoms with Gasteiger partial charge in [0, 0.05) is 32.4 Å². The molecule has 2 fully saturated rings. The molecule has 1 aromatic carbocycles. The van der Waals surface area contributed by atoms with Gasteiger partial charge < -0.3 is 14.3 Å². The van der Waals surface area contributed by atoms with E-state index in [0.29, 0.717) is 35.8 Å². The molecule has 3 aliphatic rings. The lowest BCUT2D eigenvalue weighted by atomic mass is 9.85. The third-order valence-corrected chi connectivity index (χ3v) is 7.79. The van der Waals surface area contributed by atoms with Crippen molar-refractivity contribution in [2.75, 3.05) is 26.7 Å². The SMILES string of the molecule is Cc1onc(-c2ccncn2)c1C(=O)N1CC2(CCCN2C(=O)C2Cc3ccccc3CN2C)C1. The zero-order chi connectivity index (χ0) is 24.2. The Balaban J connectivity index is 1.20. The number of nitrogens with zero attached hydrogens (tertiary/aromatic N) is 6. The second kappa shape index (κ2) is 8.27. The fourth-order valence-electron chi connectivity index (χ4n) is 5.92. The van der Waals surface area contributed by atoms with E-state index in [0.717, 1.165) is 32.4 Å². The molecule has 35 heavy (non-hydrogen) atoms. The number of likely N-dealkylation sites (tertiary alicyclic amines) is 2. The van der Waals surface area contributed by atoms with Gasteiger partial charge in [0.2, 0.25) is 5.91 Å². The van der Waals surface area contributed by atoms with Crippen molar-refractivity contribution >= 4 is 11.8 Å². The summed E-state index contributed by atoms with van der Waals surface area (Å²) in [6, 6.07) is 9.90. The van der Waals surface area contributed by atoms with Gasteiger partial charge in [0.1, 0.15) is 23.3 Å². The normalized spacial score (nSPS) is 21.1. The maximum absolute atomic E-state index is 13.8. The van der Waals surface area contributed by atoms with Gasteiger partial charge in [0.05, 0.1) is 17.3 Å². The first kappa shape index (κ1) is 21.9. The summed E-state index contributed by atoms with van der Waals surface area (Å²) >= 11 is 0. The first-order valence-electron chi connectivity index (χ1n) is 12.1. The topological polar surface area (TPSA) is 95.7 Å². The van der Waals surface area contributed by atoms with E-state index in [1.807, 2.05) is 13.1 Å². The van der Waals surface area contributed by atoms with Crippen molar-refractivity contribution < 1.29 is 14.1 Å². The molecule has 9 heteroatoms.